The van der Waals surface area contributed by atoms with E-state index in [1.807, 2.05) is 34.9 Å². The average molecular weight is 354 g/mol. The van der Waals surface area contributed by atoms with Gasteiger partial charge in [-0.05, 0) is 19.4 Å². The normalized spacial score (nSPS) is 11.0. The highest BCUT2D eigenvalue weighted by Crippen LogP contribution is 2.23. The van der Waals surface area contributed by atoms with Gasteiger partial charge in [0, 0.05) is 19.1 Å². The van der Waals surface area contributed by atoms with Crippen molar-refractivity contribution in [3.8, 4) is 0 Å². The van der Waals surface area contributed by atoms with Crippen molar-refractivity contribution >= 4 is 28.9 Å². The Balaban J connectivity index is 1.89. The third-order valence-electron chi connectivity index (χ3n) is 3.90. The Morgan fingerprint density at radius 2 is 1.96 bits per heavy atom. The van der Waals surface area contributed by atoms with Gasteiger partial charge >= 0.3 is 5.97 Å². The van der Waals surface area contributed by atoms with Crippen LogP contribution in [0.2, 0.25) is 0 Å². The predicted molar refractivity (Wildman–Crippen MR) is 100 cm³/mol. The molecule has 3 rings (SSSR count). The molecule has 0 radical (unpaired) electrons. The molecule has 8 heteroatoms. The Hall–Kier alpha value is -3.16. The van der Waals surface area contributed by atoms with Gasteiger partial charge in [-0.2, -0.15) is 9.97 Å². The van der Waals surface area contributed by atoms with Crippen molar-refractivity contribution in [2.45, 2.75) is 32.9 Å². The lowest BCUT2D eigenvalue weighted by Gasteiger charge is -2.12. The second-order valence-corrected chi connectivity index (χ2v) is 6.22. The Morgan fingerprint density at radius 1 is 1.19 bits per heavy atom. The molecule has 3 aromatic rings. The first kappa shape index (κ1) is 17.7. The average Bonchev–Trinajstić information content (AvgIpc) is 3.04. The van der Waals surface area contributed by atoms with Crippen molar-refractivity contribution in [1.82, 2.24) is 19.5 Å². The van der Waals surface area contributed by atoms with Crippen molar-refractivity contribution < 1.29 is 9.90 Å². The zero-order valence-electron chi connectivity index (χ0n) is 14.8. The number of nitrogens with one attached hydrogen (secondary N) is 2. The molecule has 0 aliphatic heterocycles. The molecule has 0 unspecified atom stereocenters. The second-order valence-electron chi connectivity index (χ2n) is 6.22. The van der Waals surface area contributed by atoms with Gasteiger partial charge in [-0.15, -0.1) is 0 Å². The van der Waals surface area contributed by atoms with E-state index in [0.29, 0.717) is 29.5 Å². The van der Waals surface area contributed by atoms with Gasteiger partial charge in [0.25, 0.3) is 0 Å². The van der Waals surface area contributed by atoms with Crippen LogP contribution in [0.4, 0.5) is 11.8 Å². The molecule has 0 bridgehead atoms. The number of benzene rings is 1. The predicted octanol–water partition coefficient (Wildman–Crippen LogP) is 2.91. The van der Waals surface area contributed by atoms with E-state index < -0.39 is 5.97 Å². The number of carbonyl (C=O) groups is 1. The molecule has 8 nitrogen and oxygen atoms in total. The number of aromatic nitrogens is 4. The number of rotatable bonds is 8. The number of hydrogen-bond donors (Lipinski definition) is 3. The second kappa shape index (κ2) is 7.81. The number of hydrogen-bond acceptors (Lipinski definition) is 6. The van der Waals surface area contributed by atoms with Gasteiger partial charge in [-0.3, -0.25) is 4.79 Å². The molecule has 0 saturated heterocycles. The maximum Gasteiger partial charge on any atom is 0.305 e. The Labute approximate surface area is 151 Å². The van der Waals surface area contributed by atoms with Crippen molar-refractivity contribution in [2.24, 2.45) is 0 Å². The van der Waals surface area contributed by atoms with Crippen LogP contribution in [0.1, 0.15) is 31.9 Å². The van der Waals surface area contributed by atoms with Gasteiger partial charge in [0.2, 0.25) is 5.95 Å². The number of aliphatic carboxylic acids is 1. The molecule has 0 amide bonds. The van der Waals surface area contributed by atoms with E-state index in [4.69, 9.17) is 5.11 Å². The summed E-state index contributed by atoms with van der Waals surface area (Å²) >= 11 is 0. The fourth-order valence-corrected chi connectivity index (χ4v) is 2.56. The number of carboxylic acid groups (broad SMARTS) is 1. The van der Waals surface area contributed by atoms with E-state index in [-0.39, 0.29) is 19.0 Å². The standard InChI is InChI=1S/C18H22N6O2/c1-12(2)24-11-21-15-16(20-10-13-6-4-3-5-7-13)22-18(23-17(15)24)19-9-8-14(25)26/h3-7,11-12H,8-10H2,1-2H3,(H,25,26)(H2,19,20,22,23). The minimum Gasteiger partial charge on any atom is -0.481 e. The molecule has 0 aliphatic rings. The van der Waals surface area contributed by atoms with Gasteiger partial charge in [-0.1, -0.05) is 30.3 Å². The molecule has 2 heterocycles. The highest BCUT2D eigenvalue weighted by atomic mass is 16.4. The van der Waals surface area contributed by atoms with Crippen LogP contribution in [-0.4, -0.2) is 37.1 Å². The summed E-state index contributed by atoms with van der Waals surface area (Å²) in [5.41, 5.74) is 2.53. The van der Waals surface area contributed by atoms with Crippen molar-refractivity contribution in [3.63, 3.8) is 0 Å². The highest BCUT2D eigenvalue weighted by Gasteiger charge is 2.15. The Morgan fingerprint density at radius 3 is 2.65 bits per heavy atom. The summed E-state index contributed by atoms with van der Waals surface area (Å²) in [7, 11) is 0. The van der Waals surface area contributed by atoms with Crippen molar-refractivity contribution in [3.05, 3.63) is 42.2 Å². The molecule has 0 saturated carbocycles. The molecule has 2 aromatic heterocycles. The summed E-state index contributed by atoms with van der Waals surface area (Å²) in [4.78, 5) is 24.2. The number of anilines is 2. The largest absolute Gasteiger partial charge is 0.481 e. The van der Waals surface area contributed by atoms with E-state index in [2.05, 4.69) is 39.4 Å². The number of nitrogens with zero attached hydrogens (tertiary/aromatic N) is 4. The third kappa shape index (κ3) is 4.08. The first-order valence-electron chi connectivity index (χ1n) is 8.52. The third-order valence-corrected chi connectivity index (χ3v) is 3.90. The minimum absolute atomic E-state index is 0.00236. The highest BCUT2D eigenvalue weighted by molar-refractivity contribution is 5.84. The molecular weight excluding hydrogens is 332 g/mol. The molecular formula is C18H22N6O2. The molecule has 136 valence electrons. The van der Waals surface area contributed by atoms with Gasteiger partial charge < -0.3 is 20.3 Å². The van der Waals surface area contributed by atoms with E-state index >= 15 is 0 Å². The van der Waals surface area contributed by atoms with Crippen molar-refractivity contribution in [1.29, 1.82) is 0 Å². The smallest absolute Gasteiger partial charge is 0.305 e. The number of imidazole rings is 1. The Kier molecular flexibility index (Phi) is 5.31. The van der Waals surface area contributed by atoms with Crippen LogP contribution in [0.25, 0.3) is 11.2 Å². The van der Waals surface area contributed by atoms with E-state index in [1.165, 1.54) is 0 Å². The number of fused-ring (bicyclic) bond motifs is 1. The van der Waals surface area contributed by atoms with Crippen LogP contribution in [0, 0.1) is 0 Å². The van der Waals surface area contributed by atoms with Crippen LogP contribution in [0.3, 0.4) is 0 Å². The van der Waals surface area contributed by atoms with Gasteiger partial charge in [-0.25, -0.2) is 4.98 Å². The minimum atomic E-state index is -0.867. The lowest BCUT2D eigenvalue weighted by Crippen LogP contribution is -2.12. The summed E-state index contributed by atoms with van der Waals surface area (Å²) in [6.07, 6.45) is 1.75. The first-order valence-corrected chi connectivity index (χ1v) is 8.52. The topological polar surface area (TPSA) is 105 Å². The molecule has 26 heavy (non-hydrogen) atoms. The summed E-state index contributed by atoms with van der Waals surface area (Å²) in [5, 5.41) is 15.1. The van der Waals surface area contributed by atoms with Gasteiger partial charge in [0.15, 0.2) is 17.0 Å². The van der Waals surface area contributed by atoms with Crippen LogP contribution in [0.5, 0.6) is 0 Å². The lowest BCUT2D eigenvalue weighted by molar-refractivity contribution is -0.136. The zero-order valence-corrected chi connectivity index (χ0v) is 14.8. The van der Waals surface area contributed by atoms with Gasteiger partial charge in [0.1, 0.15) is 0 Å². The monoisotopic (exact) mass is 354 g/mol. The maximum absolute atomic E-state index is 10.7. The summed E-state index contributed by atoms with van der Waals surface area (Å²) in [5.74, 6) is 0.140. The van der Waals surface area contributed by atoms with Crippen LogP contribution in [-0.2, 0) is 11.3 Å². The SMILES string of the molecule is CC(C)n1cnc2c(NCc3ccccc3)nc(NCCC(=O)O)nc21. The summed E-state index contributed by atoms with van der Waals surface area (Å²) < 4.78 is 1.97. The quantitative estimate of drug-likeness (QED) is 0.571. The molecule has 0 atom stereocenters. The zero-order chi connectivity index (χ0) is 18.5. The molecule has 0 spiro atoms. The fraction of sp³-hybridized carbons (Fsp3) is 0.333. The Bertz CT molecular complexity index is 891. The van der Waals surface area contributed by atoms with E-state index in [9.17, 15) is 4.79 Å². The van der Waals surface area contributed by atoms with Gasteiger partial charge in [0.05, 0.1) is 12.7 Å². The van der Waals surface area contributed by atoms with Crippen molar-refractivity contribution in [2.75, 3.05) is 17.2 Å². The van der Waals surface area contributed by atoms with E-state index in [1.54, 1.807) is 6.33 Å². The lowest BCUT2D eigenvalue weighted by atomic mass is 10.2. The van der Waals surface area contributed by atoms with Crippen LogP contribution < -0.4 is 10.6 Å². The van der Waals surface area contributed by atoms with Crippen LogP contribution in [0.15, 0.2) is 36.7 Å². The summed E-state index contributed by atoms with van der Waals surface area (Å²) in [6.45, 7) is 4.97. The van der Waals surface area contributed by atoms with E-state index in [0.717, 1.165) is 5.56 Å². The molecule has 3 N–H and O–H groups in total. The molecule has 0 fully saturated rings. The van der Waals surface area contributed by atoms with Crippen LogP contribution >= 0.6 is 0 Å². The first-order chi connectivity index (χ1) is 12.5. The molecule has 0 aliphatic carbocycles. The summed E-state index contributed by atoms with van der Waals surface area (Å²) in [6, 6.07) is 10.2. The number of carboxylic acids is 1. The fourth-order valence-electron chi connectivity index (χ4n) is 2.56. The molecule has 1 aromatic carbocycles. The maximum atomic E-state index is 10.7.